The number of benzene rings is 2. The van der Waals surface area contributed by atoms with E-state index in [9.17, 15) is 19.5 Å². The molecule has 0 spiro atoms. The van der Waals surface area contributed by atoms with Crippen LogP contribution in [0.25, 0.3) is 22.3 Å². The smallest absolute Gasteiger partial charge is 0.343 e. The molecule has 2 aromatic carbocycles. The lowest BCUT2D eigenvalue weighted by Crippen LogP contribution is -2.45. The van der Waals surface area contributed by atoms with Gasteiger partial charge in [0.2, 0.25) is 5.91 Å². The zero-order valence-corrected chi connectivity index (χ0v) is 19.5. The lowest BCUT2D eigenvalue weighted by molar-refractivity contribution is -0.172. The van der Waals surface area contributed by atoms with Crippen LogP contribution in [0.2, 0.25) is 0 Å². The average molecular weight is 482 g/mol. The second-order valence-electron chi connectivity index (χ2n) is 9.14. The largest absolute Gasteiger partial charge is 0.458 e. The van der Waals surface area contributed by atoms with Crippen LogP contribution in [0.1, 0.15) is 41.8 Å². The fourth-order valence-electron chi connectivity index (χ4n) is 5.12. The van der Waals surface area contributed by atoms with Gasteiger partial charge in [0.15, 0.2) is 5.60 Å². The summed E-state index contributed by atoms with van der Waals surface area (Å²) in [5, 5.41) is 15.0. The number of nitrogens with one attached hydrogen (secondary N) is 1. The van der Waals surface area contributed by atoms with Crippen LogP contribution in [0.4, 0.5) is 0 Å². The zero-order valence-electron chi connectivity index (χ0n) is 19.5. The number of aromatic nitrogens is 2. The first-order valence-corrected chi connectivity index (χ1v) is 11.8. The molecule has 0 bridgehead atoms. The van der Waals surface area contributed by atoms with Crippen molar-refractivity contribution in [2.75, 3.05) is 0 Å². The van der Waals surface area contributed by atoms with E-state index in [2.05, 4.69) is 5.32 Å². The lowest BCUT2D eigenvalue weighted by Gasteiger charge is -2.32. The van der Waals surface area contributed by atoms with Gasteiger partial charge in [-0.1, -0.05) is 55.5 Å². The molecule has 2 aliphatic heterocycles. The average Bonchev–Trinajstić information content (AvgIpc) is 3.18. The minimum atomic E-state index is -1.92. The van der Waals surface area contributed by atoms with Gasteiger partial charge in [0, 0.05) is 16.5 Å². The van der Waals surface area contributed by atoms with Gasteiger partial charge in [-0.15, -0.1) is 0 Å². The zero-order chi connectivity index (χ0) is 25.0. The normalized spacial score (nSPS) is 19.8. The number of para-hydroxylation sites is 1. The van der Waals surface area contributed by atoms with Crippen molar-refractivity contribution in [1.82, 2.24) is 14.9 Å². The van der Waals surface area contributed by atoms with Crippen LogP contribution in [0, 0.1) is 0 Å². The fourth-order valence-corrected chi connectivity index (χ4v) is 5.12. The van der Waals surface area contributed by atoms with Gasteiger partial charge in [-0.05, 0) is 30.2 Å². The molecule has 1 amide bonds. The standard InChI is InChI=1S/C28H23N3O5/c1-2-28(35)20-14-22-24-18(13-17-10-6-7-11-21(17)29-24)25(30-23(32)12-16-8-4-3-5-9-16)31(22)26(33)19(20)15-36-27(28)34/h3-11,13-14,25,35H,2,12,15H2,1H3,(H,30,32)/t25?,28-/m0/s1. The molecule has 0 saturated heterocycles. The van der Waals surface area contributed by atoms with Crippen molar-refractivity contribution in [3.8, 4) is 11.4 Å². The Morgan fingerprint density at radius 2 is 1.89 bits per heavy atom. The van der Waals surface area contributed by atoms with Crippen LogP contribution in [0.3, 0.4) is 0 Å². The number of rotatable bonds is 4. The highest BCUT2D eigenvalue weighted by atomic mass is 16.6. The summed E-state index contributed by atoms with van der Waals surface area (Å²) >= 11 is 0. The van der Waals surface area contributed by atoms with E-state index >= 15 is 0 Å². The third-order valence-corrected chi connectivity index (χ3v) is 7.04. The van der Waals surface area contributed by atoms with E-state index in [-0.39, 0.29) is 36.5 Å². The molecule has 8 nitrogen and oxygen atoms in total. The highest BCUT2D eigenvalue weighted by Gasteiger charge is 2.46. The quantitative estimate of drug-likeness (QED) is 0.434. The van der Waals surface area contributed by atoms with Crippen molar-refractivity contribution in [1.29, 1.82) is 0 Å². The Balaban J connectivity index is 1.54. The van der Waals surface area contributed by atoms with Crippen molar-refractivity contribution in [3.63, 3.8) is 0 Å². The number of aliphatic hydroxyl groups is 1. The summed E-state index contributed by atoms with van der Waals surface area (Å²) in [4.78, 5) is 44.2. The minimum absolute atomic E-state index is 0.0526. The molecule has 4 aromatic rings. The van der Waals surface area contributed by atoms with Gasteiger partial charge in [0.25, 0.3) is 5.56 Å². The van der Waals surface area contributed by atoms with Crippen LogP contribution in [0.15, 0.2) is 71.5 Å². The highest BCUT2D eigenvalue weighted by Crippen LogP contribution is 2.41. The summed E-state index contributed by atoms with van der Waals surface area (Å²) < 4.78 is 6.66. The molecule has 0 radical (unpaired) electrons. The summed E-state index contributed by atoms with van der Waals surface area (Å²) in [5.74, 6) is -1.03. The van der Waals surface area contributed by atoms with Gasteiger partial charge in [-0.3, -0.25) is 14.2 Å². The molecule has 0 fully saturated rings. The Kier molecular flexibility index (Phi) is 5.01. The number of amides is 1. The first-order valence-electron chi connectivity index (χ1n) is 11.8. The van der Waals surface area contributed by atoms with E-state index in [0.717, 1.165) is 16.5 Å². The van der Waals surface area contributed by atoms with Crippen LogP contribution < -0.4 is 10.9 Å². The maximum atomic E-state index is 13.8. The SMILES string of the molecule is CC[C@@]1(O)C(=O)OCc2c1cc1n(c2=O)C(NC(=O)Cc2ccccc2)c2cc3ccccc3nc2-1. The number of fused-ring (bicyclic) bond motifs is 5. The second kappa shape index (κ2) is 8.13. The molecular weight excluding hydrogens is 458 g/mol. The number of carbonyl (C=O) groups excluding carboxylic acids is 2. The second-order valence-corrected chi connectivity index (χ2v) is 9.14. The third kappa shape index (κ3) is 3.25. The molecule has 6 rings (SSSR count). The fraction of sp³-hybridized carbons (Fsp3) is 0.214. The molecule has 0 saturated carbocycles. The Morgan fingerprint density at radius 3 is 2.67 bits per heavy atom. The van der Waals surface area contributed by atoms with Crippen LogP contribution in [0.5, 0.6) is 0 Å². The van der Waals surface area contributed by atoms with Crippen molar-refractivity contribution in [2.45, 2.75) is 38.1 Å². The monoisotopic (exact) mass is 481 g/mol. The van der Waals surface area contributed by atoms with E-state index in [1.807, 2.05) is 60.7 Å². The third-order valence-electron chi connectivity index (χ3n) is 7.04. The number of nitrogens with zero attached hydrogens (tertiary/aromatic N) is 2. The van der Waals surface area contributed by atoms with Gasteiger partial charge < -0.3 is 15.2 Å². The predicted octanol–water partition coefficient (Wildman–Crippen LogP) is 2.94. The minimum Gasteiger partial charge on any atom is -0.458 e. The summed E-state index contributed by atoms with van der Waals surface area (Å²) in [6, 6.07) is 20.5. The van der Waals surface area contributed by atoms with Crippen molar-refractivity contribution in [3.05, 3.63) is 99.3 Å². The number of hydrogen-bond donors (Lipinski definition) is 2. The van der Waals surface area contributed by atoms with E-state index < -0.39 is 23.3 Å². The molecule has 36 heavy (non-hydrogen) atoms. The molecule has 2 N–H and O–H groups in total. The molecule has 4 heterocycles. The summed E-state index contributed by atoms with van der Waals surface area (Å²) in [7, 11) is 0. The van der Waals surface area contributed by atoms with Crippen molar-refractivity contribution >= 4 is 22.8 Å². The molecule has 1 unspecified atom stereocenters. The number of ether oxygens (including phenoxy) is 1. The molecule has 2 aliphatic rings. The molecule has 2 aromatic heterocycles. The lowest BCUT2D eigenvalue weighted by atomic mass is 9.86. The van der Waals surface area contributed by atoms with Gasteiger partial charge in [0.05, 0.1) is 28.9 Å². The van der Waals surface area contributed by atoms with Gasteiger partial charge in [-0.25, -0.2) is 9.78 Å². The number of pyridine rings is 2. The maximum Gasteiger partial charge on any atom is 0.343 e. The van der Waals surface area contributed by atoms with Crippen LogP contribution in [-0.2, 0) is 33.0 Å². The van der Waals surface area contributed by atoms with Gasteiger partial charge in [0.1, 0.15) is 12.8 Å². The van der Waals surface area contributed by atoms with Crippen molar-refractivity contribution in [2.24, 2.45) is 0 Å². The number of hydrogen-bond acceptors (Lipinski definition) is 6. The first kappa shape index (κ1) is 22.2. The molecule has 180 valence electrons. The van der Waals surface area contributed by atoms with Crippen LogP contribution >= 0.6 is 0 Å². The summed E-state index contributed by atoms with van der Waals surface area (Å²) in [6.45, 7) is 1.42. The Morgan fingerprint density at radius 1 is 1.14 bits per heavy atom. The molecule has 2 atom stereocenters. The van der Waals surface area contributed by atoms with Gasteiger partial charge in [-0.2, -0.15) is 0 Å². The number of cyclic esters (lactones) is 1. The van der Waals surface area contributed by atoms with Crippen molar-refractivity contribution < 1.29 is 19.4 Å². The van der Waals surface area contributed by atoms with E-state index in [0.29, 0.717) is 17.0 Å². The molecule has 8 heteroatoms. The van der Waals surface area contributed by atoms with E-state index in [1.54, 1.807) is 13.0 Å². The topological polar surface area (TPSA) is 111 Å². The Hall–Kier alpha value is -4.30. The number of carbonyl (C=O) groups is 2. The highest BCUT2D eigenvalue weighted by molar-refractivity contribution is 5.87. The number of esters is 1. The molecule has 0 aliphatic carbocycles. The predicted molar refractivity (Wildman–Crippen MR) is 132 cm³/mol. The van der Waals surface area contributed by atoms with Crippen LogP contribution in [-0.4, -0.2) is 26.5 Å². The van der Waals surface area contributed by atoms with E-state index in [4.69, 9.17) is 9.72 Å². The Labute approximate surface area is 206 Å². The first-order chi connectivity index (χ1) is 17.4. The van der Waals surface area contributed by atoms with Gasteiger partial charge >= 0.3 is 5.97 Å². The Bertz CT molecular complexity index is 1610. The van der Waals surface area contributed by atoms with E-state index in [1.165, 1.54) is 4.57 Å². The molecular formula is C28H23N3O5. The summed E-state index contributed by atoms with van der Waals surface area (Å²) in [6.07, 6.45) is -0.596. The summed E-state index contributed by atoms with van der Waals surface area (Å²) in [5.41, 5.74) is 1.28. The maximum absolute atomic E-state index is 13.8.